The standard InChI is InChI=1S/C22H24N2O6/c1-23(15-20(25)24-11-13-28-14-12-24)21(26)16-29-22(27)17-7-9-19(10-8-17)30-18-5-3-2-4-6-18/h2-10H,11-16H2,1H3. The number of carbonyl (C=O) groups is 3. The molecule has 2 aromatic rings. The Hall–Kier alpha value is -3.39. The van der Waals surface area contributed by atoms with Crippen molar-refractivity contribution in [2.75, 3.05) is 46.5 Å². The highest BCUT2D eigenvalue weighted by Gasteiger charge is 2.21. The van der Waals surface area contributed by atoms with Crippen molar-refractivity contribution in [3.8, 4) is 11.5 Å². The molecule has 158 valence electrons. The summed E-state index contributed by atoms with van der Waals surface area (Å²) >= 11 is 0. The number of rotatable bonds is 7. The summed E-state index contributed by atoms with van der Waals surface area (Å²) in [6, 6.07) is 15.7. The van der Waals surface area contributed by atoms with Crippen molar-refractivity contribution in [1.29, 1.82) is 0 Å². The van der Waals surface area contributed by atoms with Crippen molar-refractivity contribution in [2.45, 2.75) is 0 Å². The first-order valence-electron chi connectivity index (χ1n) is 9.62. The van der Waals surface area contributed by atoms with Gasteiger partial charge in [-0.2, -0.15) is 0 Å². The number of amides is 2. The number of para-hydroxylation sites is 1. The summed E-state index contributed by atoms with van der Waals surface area (Å²) in [6.07, 6.45) is 0. The monoisotopic (exact) mass is 412 g/mol. The minimum absolute atomic E-state index is 0.0676. The van der Waals surface area contributed by atoms with Gasteiger partial charge in [0.2, 0.25) is 5.91 Å². The SMILES string of the molecule is CN(CC(=O)N1CCOCC1)C(=O)COC(=O)c1ccc(Oc2ccccc2)cc1. The predicted octanol–water partition coefficient (Wildman–Crippen LogP) is 1.95. The van der Waals surface area contributed by atoms with Crippen molar-refractivity contribution in [2.24, 2.45) is 0 Å². The molecule has 30 heavy (non-hydrogen) atoms. The second kappa shape index (κ2) is 10.4. The molecule has 0 N–H and O–H groups in total. The lowest BCUT2D eigenvalue weighted by molar-refractivity contribution is -0.143. The van der Waals surface area contributed by atoms with Gasteiger partial charge in [0.05, 0.1) is 25.3 Å². The molecule has 1 aliphatic heterocycles. The molecule has 2 amide bonds. The number of likely N-dealkylation sites (N-methyl/N-ethyl adjacent to an activating group) is 1. The minimum atomic E-state index is -0.623. The zero-order valence-electron chi connectivity index (χ0n) is 16.8. The highest BCUT2D eigenvalue weighted by Crippen LogP contribution is 2.21. The first-order valence-corrected chi connectivity index (χ1v) is 9.62. The molecular formula is C22H24N2O6. The second-order valence-corrected chi connectivity index (χ2v) is 6.76. The van der Waals surface area contributed by atoms with Gasteiger partial charge >= 0.3 is 5.97 Å². The highest BCUT2D eigenvalue weighted by atomic mass is 16.5. The van der Waals surface area contributed by atoms with Crippen LogP contribution in [-0.4, -0.2) is 74.1 Å². The van der Waals surface area contributed by atoms with E-state index in [0.29, 0.717) is 43.4 Å². The molecule has 0 unspecified atom stereocenters. The molecule has 0 aromatic heterocycles. The fourth-order valence-corrected chi connectivity index (χ4v) is 2.81. The molecule has 2 aromatic carbocycles. The van der Waals surface area contributed by atoms with Gasteiger partial charge in [0.15, 0.2) is 6.61 Å². The largest absolute Gasteiger partial charge is 0.457 e. The normalized spacial score (nSPS) is 13.4. The summed E-state index contributed by atoms with van der Waals surface area (Å²) in [5.74, 6) is 0.0364. The van der Waals surface area contributed by atoms with Crippen LogP contribution in [-0.2, 0) is 19.1 Å². The molecule has 1 saturated heterocycles. The Bertz CT molecular complexity index is 863. The van der Waals surface area contributed by atoms with Crippen LogP contribution >= 0.6 is 0 Å². The first kappa shape index (κ1) is 21.3. The van der Waals surface area contributed by atoms with Gasteiger partial charge in [-0.15, -0.1) is 0 Å². The Morgan fingerprint density at radius 1 is 0.967 bits per heavy atom. The lowest BCUT2D eigenvalue weighted by atomic mass is 10.2. The first-order chi connectivity index (χ1) is 14.5. The zero-order chi connectivity index (χ0) is 21.3. The molecule has 1 heterocycles. The van der Waals surface area contributed by atoms with Gasteiger partial charge in [0, 0.05) is 20.1 Å². The van der Waals surface area contributed by atoms with Crippen LogP contribution < -0.4 is 4.74 Å². The predicted molar refractivity (Wildman–Crippen MR) is 108 cm³/mol. The average molecular weight is 412 g/mol. The molecule has 0 spiro atoms. The Kier molecular flexibility index (Phi) is 7.40. The highest BCUT2D eigenvalue weighted by molar-refractivity contribution is 5.92. The number of hydrogen-bond donors (Lipinski definition) is 0. The smallest absolute Gasteiger partial charge is 0.338 e. The van der Waals surface area contributed by atoms with Gasteiger partial charge in [-0.25, -0.2) is 4.79 Å². The fraction of sp³-hybridized carbons (Fsp3) is 0.318. The molecule has 0 aliphatic carbocycles. The molecule has 8 heteroatoms. The third kappa shape index (κ3) is 6.05. The van der Waals surface area contributed by atoms with Crippen molar-refractivity contribution in [1.82, 2.24) is 9.80 Å². The third-order valence-electron chi connectivity index (χ3n) is 4.56. The van der Waals surface area contributed by atoms with Crippen molar-refractivity contribution in [3.05, 3.63) is 60.2 Å². The summed E-state index contributed by atoms with van der Waals surface area (Å²) in [5.41, 5.74) is 0.301. The molecule has 0 saturated carbocycles. The Morgan fingerprint density at radius 3 is 2.27 bits per heavy atom. The van der Waals surface area contributed by atoms with E-state index in [-0.39, 0.29) is 12.5 Å². The molecular weight excluding hydrogens is 388 g/mol. The number of benzene rings is 2. The maximum absolute atomic E-state index is 12.2. The zero-order valence-corrected chi connectivity index (χ0v) is 16.8. The van der Waals surface area contributed by atoms with E-state index >= 15 is 0 Å². The van der Waals surface area contributed by atoms with Gasteiger partial charge in [-0.3, -0.25) is 9.59 Å². The van der Waals surface area contributed by atoms with Gasteiger partial charge < -0.3 is 24.0 Å². The van der Waals surface area contributed by atoms with Gasteiger partial charge in [0.1, 0.15) is 11.5 Å². The van der Waals surface area contributed by atoms with E-state index in [9.17, 15) is 14.4 Å². The molecule has 0 bridgehead atoms. The van der Waals surface area contributed by atoms with E-state index in [4.69, 9.17) is 14.2 Å². The Balaban J connectivity index is 1.44. The topological polar surface area (TPSA) is 85.4 Å². The van der Waals surface area contributed by atoms with Crippen LogP contribution in [0.4, 0.5) is 0 Å². The number of ether oxygens (including phenoxy) is 3. The van der Waals surface area contributed by atoms with E-state index in [1.807, 2.05) is 30.3 Å². The minimum Gasteiger partial charge on any atom is -0.457 e. The summed E-state index contributed by atoms with van der Waals surface area (Å²) in [5, 5.41) is 0. The van der Waals surface area contributed by atoms with Gasteiger partial charge in [-0.1, -0.05) is 18.2 Å². The van der Waals surface area contributed by atoms with Crippen molar-refractivity contribution >= 4 is 17.8 Å². The molecule has 8 nitrogen and oxygen atoms in total. The number of esters is 1. The van der Waals surface area contributed by atoms with Crippen LogP contribution in [0.2, 0.25) is 0 Å². The number of carbonyl (C=O) groups excluding carboxylic acids is 3. The molecule has 1 fully saturated rings. The van der Waals surface area contributed by atoms with E-state index < -0.39 is 18.5 Å². The van der Waals surface area contributed by atoms with Crippen LogP contribution in [0.5, 0.6) is 11.5 Å². The maximum atomic E-state index is 12.2. The number of nitrogens with zero attached hydrogens (tertiary/aromatic N) is 2. The third-order valence-corrected chi connectivity index (χ3v) is 4.56. The van der Waals surface area contributed by atoms with Gasteiger partial charge in [0.25, 0.3) is 5.91 Å². The summed E-state index contributed by atoms with van der Waals surface area (Å²) in [6.45, 7) is 1.52. The number of hydrogen-bond acceptors (Lipinski definition) is 6. The molecule has 0 atom stereocenters. The molecule has 3 rings (SSSR count). The summed E-state index contributed by atoms with van der Waals surface area (Å²) in [4.78, 5) is 39.5. The lowest BCUT2D eigenvalue weighted by Gasteiger charge is -2.28. The summed E-state index contributed by atoms with van der Waals surface area (Å²) in [7, 11) is 1.50. The number of morpholine rings is 1. The quantitative estimate of drug-likeness (QED) is 0.647. The Morgan fingerprint density at radius 2 is 1.60 bits per heavy atom. The molecule has 0 radical (unpaired) electrons. The van der Waals surface area contributed by atoms with Gasteiger partial charge in [-0.05, 0) is 36.4 Å². The van der Waals surface area contributed by atoms with Crippen molar-refractivity contribution < 1.29 is 28.6 Å². The van der Waals surface area contributed by atoms with Crippen LogP contribution in [0.3, 0.4) is 0 Å². The van der Waals surface area contributed by atoms with E-state index in [2.05, 4.69) is 0 Å². The van der Waals surface area contributed by atoms with Crippen LogP contribution in [0, 0.1) is 0 Å². The van der Waals surface area contributed by atoms with Crippen LogP contribution in [0.15, 0.2) is 54.6 Å². The second-order valence-electron chi connectivity index (χ2n) is 6.76. The van der Waals surface area contributed by atoms with E-state index in [0.717, 1.165) is 0 Å². The van der Waals surface area contributed by atoms with Crippen molar-refractivity contribution in [3.63, 3.8) is 0 Å². The van der Waals surface area contributed by atoms with Crippen LogP contribution in [0.25, 0.3) is 0 Å². The fourth-order valence-electron chi connectivity index (χ4n) is 2.81. The Labute approximate surface area is 174 Å². The average Bonchev–Trinajstić information content (AvgIpc) is 2.79. The lowest BCUT2D eigenvalue weighted by Crippen LogP contribution is -2.46. The summed E-state index contributed by atoms with van der Waals surface area (Å²) < 4.78 is 16.0. The van der Waals surface area contributed by atoms with E-state index in [1.54, 1.807) is 29.2 Å². The van der Waals surface area contributed by atoms with Crippen LogP contribution in [0.1, 0.15) is 10.4 Å². The van der Waals surface area contributed by atoms with E-state index in [1.165, 1.54) is 11.9 Å². The maximum Gasteiger partial charge on any atom is 0.338 e. The molecule has 1 aliphatic rings.